The summed E-state index contributed by atoms with van der Waals surface area (Å²) >= 11 is 0. The van der Waals surface area contributed by atoms with Crippen molar-refractivity contribution in [1.82, 2.24) is 4.98 Å². The molecule has 0 bridgehead atoms. The van der Waals surface area contributed by atoms with Crippen LogP contribution in [0.3, 0.4) is 0 Å². The highest BCUT2D eigenvalue weighted by atomic mass is 16.7. The summed E-state index contributed by atoms with van der Waals surface area (Å²) in [7, 11) is 1.42. The summed E-state index contributed by atoms with van der Waals surface area (Å²) in [6.45, 7) is 10.8. The van der Waals surface area contributed by atoms with Crippen LogP contribution in [0.1, 0.15) is 76.9 Å². The van der Waals surface area contributed by atoms with E-state index in [0.717, 1.165) is 18.4 Å². The Hall–Kier alpha value is -3.46. The number of carbonyl (C=O) groups is 3. The summed E-state index contributed by atoms with van der Waals surface area (Å²) in [6, 6.07) is 11.6. The number of hydrogen-bond acceptors (Lipinski definition) is 9. The van der Waals surface area contributed by atoms with E-state index in [0.29, 0.717) is 13.0 Å². The van der Waals surface area contributed by atoms with Gasteiger partial charge in [0.15, 0.2) is 23.0 Å². The molecule has 2 rings (SSSR count). The Kier molecular flexibility index (Phi) is 13.1. The number of esters is 2. The maximum absolute atomic E-state index is 13.4. The first-order chi connectivity index (χ1) is 19.0. The van der Waals surface area contributed by atoms with Gasteiger partial charge in [0, 0.05) is 38.1 Å². The van der Waals surface area contributed by atoms with Gasteiger partial charge in [0.05, 0.1) is 18.6 Å². The third-order valence-electron chi connectivity index (χ3n) is 6.60. The molecule has 0 fully saturated rings. The van der Waals surface area contributed by atoms with E-state index in [1.807, 2.05) is 25.1 Å². The quantitative estimate of drug-likeness (QED) is 0.140. The van der Waals surface area contributed by atoms with Gasteiger partial charge in [-0.05, 0) is 45.6 Å². The summed E-state index contributed by atoms with van der Waals surface area (Å²) in [5, 5.41) is 0. The van der Waals surface area contributed by atoms with Gasteiger partial charge in [-0.3, -0.25) is 14.4 Å². The minimum Gasteiger partial charge on any atom is -0.493 e. The number of pyridine rings is 1. The largest absolute Gasteiger partial charge is 0.493 e. The van der Waals surface area contributed by atoms with E-state index in [9.17, 15) is 14.4 Å². The van der Waals surface area contributed by atoms with Crippen LogP contribution in [0.2, 0.25) is 0 Å². The number of benzene rings is 1. The molecule has 9 nitrogen and oxygen atoms in total. The molecule has 0 aliphatic heterocycles. The standard InChI is InChI=1S/C31H43NO8/c1-8-17-37-26(9-2)24(18-23-13-11-10-12-14-23)21(3)40-30(35)31(5,6)19-25(34)28-29(39-20-38-22(4)33)27(36-7)15-16-32-28/h10-16,21,24,26H,8-9,17-20H2,1-7H3/t21-,24-,26-/m0/s1. The predicted molar refractivity (Wildman–Crippen MR) is 150 cm³/mol. The molecule has 2 aromatic rings. The number of carbonyl (C=O) groups excluding carboxylic acids is 3. The van der Waals surface area contributed by atoms with Crippen molar-refractivity contribution in [3.8, 4) is 11.5 Å². The van der Waals surface area contributed by atoms with Crippen molar-refractivity contribution < 1.29 is 38.1 Å². The Bertz CT molecular complexity index is 1100. The van der Waals surface area contributed by atoms with Crippen LogP contribution >= 0.6 is 0 Å². The first-order valence-corrected chi connectivity index (χ1v) is 13.7. The number of methoxy groups -OCH3 is 1. The molecular formula is C31H43NO8. The molecule has 0 unspecified atom stereocenters. The summed E-state index contributed by atoms with van der Waals surface area (Å²) in [4.78, 5) is 42.1. The number of rotatable bonds is 17. The monoisotopic (exact) mass is 557 g/mol. The Morgan fingerprint density at radius 2 is 1.75 bits per heavy atom. The highest BCUT2D eigenvalue weighted by Crippen LogP contribution is 2.34. The van der Waals surface area contributed by atoms with Crippen LogP contribution in [-0.2, 0) is 30.2 Å². The van der Waals surface area contributed by atoms with Gasteiger partial charge in [-0.2, -0.15) is 0 Å². The van der Waals surface area contributed by atoms with E-state index in [2.05, 4.69) is 31.0 Å². The second-order valence-corrected chi connectivity index (χ2v) is 10.4. The first-order valence-electron chi connectivity index (χ1n) is 13.7. The second kappa shape index (κ2) is 16.0. The molecule has 0 spiro atoms. The summed E-state index contributed by atoms with van der Waals surface area (Å²) in [5.41, 5.74) is -0.0536. The number of nitrogens with zero attached hydrogens (tertiary/aromatic N) is 1. The zero-order valence-electron chi connectivity index (χ0n) is 24.7. The average Bonchev–Trinajstić information content (AvgIpc) is 2.92. The zero-order chi connectivity index (χ0) is 29.7. The van der Waals surface area contributed by atoms with Crippen molar-refractivity contribution >= 4 is 17.7 Å². The Morgan fingerprint density at radius 1 is 1.05 bits per heavy atom. The molecular weight excluding hydrogens is 514 g/mol. The summed E-state index contributed by atoms with van der Waals surface area (Å²) in [5.74, 6) is -1.26. The molecule has 9 heteroatoms. The molecule has 1 heterocycles. The second-order valence-electron chi connectivity index (χ2n) is 10.4. The van der Waals surface area contributed by atoms with E-state index in [1.165, 1.54) is 26.3 Å². The number of ether oxygens (including phenoxy) is 5. The Morgan fingerprint density at radius 3 is 2.35 bits per heavy atom. The predicted octanol–water partition coefficient (Wildman–Crippen LogP) is 5.58. The third-order valence-corrected chi connectivity index (χ3v) is 6.60. The average molecular weight is 558 g/mol. The maximum Gasteiger partial charge on any atom is 0.312 e. The molecule has 0 aliphatic carbocycles. The van der Waals surface area contributed by atoms with E-state index in [4.69, 9.17) is 23.7 Å². The third kappa shape index (κ3) is 9.62. The fourth-order valence-corrected chi connectivity index (χ4v) is 4.37. The molecule has 0 amide bonds. The normalized spacial score (nSPS) is 13.6. The zero-order valence-corrected chi connectivity index (χ0v) is 24.7. The molecule has 3 atom stereocenters. The molecule has 1 aromatic carbocycles. The van der Waals surface area contributed by atoms with Crippen LogP contribution in [0, 0.1) is 11.3 Å². The van der Waals surface area contributed by atoms with Gasteiger partial charge in [-0.25, -0.2) is 4.98 Å². The lowest BCUT2D eigenvalue weighted by Gasteiger charge is -2.33. The van der Waals surface area contributed by atoms with Crippen LogP contribution in [0.15, 0.2) is 42.6 Å². The van der Waals surface area contributed by atoms with Crippen LogP contribution in [0.25, 0.3) is 0 Å². The number of hydrogen-bond donors (Lipinski definition) is 0. The Balaban J connectivity index is 2.20. The lowest BCUT2D eigenvalue weighted by molar-refractivity contribution is -0.164. The summed E-state index contributed by atoms with van der Waals surface area (Å²) < 4.78 is 27.8. The van der Waals surface area contributed by atoms with Gasteiger partial charge < -0.3 is 23.7 Å². The molecule has 40 heavy (non-hydrogen) atoms. The van der Waals surface area contributed by atoms with Crippen LogP contribution < -0.4 is 9.47 Å². The van der Waals surface area contributed by atoms with E-state index in [-0.39, 0.29) is 35.6 Å². The lowest BCUT2D eigenvalue weighted by Crippen LogP contribution is -2.40. The molecule has 0 N–H and O–H groups in total. The molecule has 0 saturated heterocycles. The molecule has 1 aromatic heterocycles. The van der Waals surface area contributed by atoms with Crippen LogP contribution in [0.5, 0.6) is 11.5 Å². The van der Waals surface area contributed by atoms with Gasteiger partial charge in [0.25, 0.3) is 0 Å². The lowest BCUT2D eigenvalue weighted by atomic mass is 9.85. The van der Waals surface area contributed by atoms with E-state index >= 15 is 0 Å². The fraction of sp³-hybridized carbons (Fsp3) is 0.548. The summed E-state index contributed by atoms with van der Waals surface area (Å²) in [6.07, 6.45) is 3.03. The van der Waals surface area contributed by atoms with E-state index < -0.39 is 36.0 Å². The molecule has 220 valence electrons. The molecule has 0 radical (unpaired) electrons. The molecule has 0 saturated carbocycles. The SMILES string of the molecule is CCCO[C@@H](CC)[C@@H](Cc1ccccc1)[C@H](C)OC(=O)C(C)(C)CC(=O)c1nccc(OC)c1OCOC(C)=O. The van der Waals surface area contributed by atoms with E-state index in [1.54, 1.807) is 13.8 Å². The highest BCUT2D eigenvalue weighted by Gasteiger charge is 2.37. The van der Waals surface area contributed by atoms with Crippen LogP contribution in [0.4, 0.5) is 0 Å². The topological polar surface area (TPSA) is 110 Å². The van der Waals surface area contributed by atoms with Gasteiger partial charge in [0.1, 0.15) is 6.10 Å². The van der Waals surface area contributed by atoms with Crippen molar-refractivity contribution in [2.75, 3.05) is 20.5 Å². The van der Waals surface area contributed by atoms with Gasteiger partial charge in [-0.15, -0.1) is 0 Å². The van der Waals surface area contributed by atoms with Crippen molar-refractivity contribution in [3.05, 3.63) is 53.9 Å². The van der Waals surface area contributed by atoms with Crippen molar-refractivity contribution in [2.45, 2.75) is 79.4 Å². The van der Waals surface area contributed by atoms with Crippen molar-refractivity contribution in [2.24, 2.45) is 11.3 Å². The number of aromatic nitrogens is 1. The molecule has 0 aliphatic rings. The smallest absolute Gasteiger partial charge is 0.312 e. The van der Waals surface area contributed by atoms with Crippen molar-refractivity contribution in [1.29, 1.82) is 0 Å². The first kappa shape index (κ1) is 32.8. The van der Waals surface area contributed by atoms with Crippen LogP contribution in [-0.4, -0.2) is 55.4 Å². The maximum atomic E-state index is 13.4. The minimum atomic E-state index is -1.16. The minimum absolute atomic E-state index is 0.0265. The Labute approximate surface area is 237 Å². The van der Waals surface area contributed by atoms with Crippen molar-refractivity contribution in [3.63, 3.8) is 0 Å². The fourth-order valence-electron chi connectivity index (χ4n) is 4.37. The van der Waals surface area contributed by atoms with Gasteiger partial charge in [0.2, 0.25) is 6.79 Å². The van der Waals surface area contributed by atoms with Gasteiger partial charge >= 0.3 is 11.9 Å². The number of ketones is 1. The number of Topliss-reactive ketones (excluding diaryl/α,β-unsaturated/α-hetero) is 1. The highest BCUT2D eigenvalue weighted by molar-refractivity contribution is 6.00. The van der Waals surface area contributed by atoms with Gasteiger partial charge in [-0.1, -0.05) is 44.2 Å².